The molecule has 0 saturated carbocycles. The van der Waals surface area contributed by atoms with Crippen molar-refractivity contribution in [2.45, 2.75) is 13.1 Å². The van der Waals surface area contributed by atoms with E-state index in [9.17, 15) is 13.2 Å². The summed E-state index contributed by atoms with van der Waals surface area (Å²) >= 11 is 0. The number of benzene rings is 1. The number of aryl methyl sites for hydroxylation is 1. The molecule has 0 aliphatic heterocycles. The Morgan fingerprint density at radius 2 is 1.78 bits per heavy atom. The molecule has 9 heteroatoms. The van der Waals surface area contributed by atoms with Crippen LogP contribution in [-0.2, 0) is 6.18 Å². The van der Waals surface area contributed by atoms with Gasteiger partial charge in [-0.05, 0) is 43.3 Å². The van der Waals surface area contributed by atoms with Gasteiger partial charge < -0.3 is 5.32 Å². The van der Waals surface area contributed by atoms with Gasteiger partial charge in [0.1, 0.15) is 5.82 Å². The van der Waals surface area contributed by atoms with Gasteiger partial charge in [-0.15, -0.1) is 0 Å². The molecular formula is C18H13F3N6. The van der Waals surface area contributed by atoms with Gasteiger partial charge in [-0.2, -0.15) is 13.2 Å². The molecule has 0 aliphatic rings. The van der Waals surface area contributed by atoms with E-state index in [-0.39, 0.29) is 0 Å². The molecule has 0 radical (unpaired) electrons. The van der Waals surface area contributed by atoms with E-state index < -0.39 is 11.7 Å². The van der Waals surface area contributed by atoms with Crippen LogP contribution in [0.4, 0.5) is 24.7 Å². The molecule has 0 bridgehead atoms. The topological polar surface area (TPSA) is 68.5 Å². The summed E-state index contributed by atoms with van der Waals surface area (Å²) in [6.07, 6.45) is 0.368. The summed E-state index contributed by atoms with van der Waals surface area (Å²) in [6, 6.07) is 8.40. The van der Waals surface area contributed by atoms with Crippen LogP contribution in [0.15, 0.2) is 55.0 Å². The second kappa shape index (κ2) is 6.35. The fourth-order valence-electron chi connectivity index (χ4n) is 2.73. The van der Waals surface area contributed by atoms with Crippen LogP contribution in [0.1, 0.15) is 11.4 Å². The van der Waals surface area contributed by atoms with E-state index >= 15 is 0 Å². The normalized spacial score (nSPS) is 11.7. The van der Waals surface area contributed by atoms with E-state index in [0.717, 1.165) is 17.6 Å². The van der Waals surface area contributed by atoms with Crippen molar-refractivity contribution in [2.75, 3.05) is 5.32 Å². The summed E-state index contributed by atoms with van der Waals surface area (Å²) in [5, 5.41) is 2.96. The van der Waals surface area contributed by atoms with Crippen LogP contribution < -0.4 is 5.32 Å². The summed E-state index contributed by atoms with van der Waals surface area (Å²) in [4.78, 5) is 17.3. The lowest BCUT2D eigenvalue weighted by atomic mass is 10.2. The molecule has 4 aromatic rings. The summed E-state index contributed by atoms with van der Waals surface area (Å²) in [5.74, 6) is 1.63. The molecule has 0 amide bonds. The van der Waals surface area contributed by atoms with Gasteiger partial charge >= 0.3 is 6.18 Å². The van der Waals surface area contributed by atoms with Crippen LogP contribution in [0.2, 0.25) is 0 Å². The number of rotatable bonds is 3. The standard InChI is InChI=1S/C18H13F3N6/c1-11-24-17-14(3-2-8-23-17)27(11)16-10-22-9-15(26-16)25-13-6-4-12(5-7-13)18(19,20)21/h2-10H,1H3,(H,25,26). The molecule has 0 fully saturated rings. The van der Waals surface area contributed by atoms with Crippen LogP contribution in [-0.4, -0.2) is 24.5 Å². The fourth-order valence-corrected chi connectivity index (χ4v) is 2.73. The Morgan fingerprint density at radius 1 is 1.00 bits per heavy atom. The lowest BCUT2D eigenvalue weighted by molar-refractivity contribution is -0.137. The lowest BCUT2D eigenvalue weighted by Crippen LogP contribution is -2.05. The van der Waals surface area contributed by atoms with Crippen LogP contribution in [0.25, 0.3) is 17.0 Å². The van der Waals surface area contributed by atoms with Gasteiger partial charge in [0.2, 0.25) is 0 Å². The Morgan fingerprint density at radius 3 is 2.52 bits per heavy atom. The number of nitrogens with one attached hydrogen (secondary N) is 1. The largest absolute Gasteiger partial charge is 0.416 e. The summed E-state index contributed by atoms with van der Waals surface area (Å²) in [5.41, 5.74) is 1.15. The van der Waals surface area contributed by atoms with E-state index in [2.05, 4.69) is 25.3 Å². The monoisotopic (exact) mass is 370 g/mol. The molecule has 0 unspecified atom stereocenters. The van der Waals surface area contributed by atoms with Gasteiger partial charge in [0.15, 0.2) is 17.3 Å². The average Bonchev–Trinajstić information content (AvgIpc) is 2.97. The van der Waals surface area contributed by atoms with Crippen molar-refractivity contribution in [3.63, 3.8) is 0 Å². The van der Waals surface area contributed by atoms with E-state index in [1.165, 1.54) is 18.3 Å². The number of aromatic nitrogens is 5. The number of halogens is 3. The van der Waals surface area contributed by atoms with Crippen LogP contribution in [0.3, 0.4) is 0 Å². The van der Waals surface area contributed by atoms with Crippen molar-refractivity contribution in [2.24, 2.45) is 0 Å². The molecular weight excluding hydrogens is 357 g/mol. The number of fused-ring (bicyclic) bond motifs is 1. The highest BCUT2D eigenvalue weighted by Gasteiger charge is 2.29. The van der Waals surface area contributed by atoms with E-state index in [0.29, 0.717) is 28.8 Å². The van der Waals surface area contributed by atoms with E-state index in [1.54, 1.807) is 18.5 Å². The minimum absolute atomic E-state index is 0.400. The third-order valence-corrected chi connectivity index (χ3v) is 3.93. The first-order valence-electron chi connectivity index (χ1n) is 7.98. The number of pyridine rings is 1. The second-order valence-corrected chi connectivity index (χ2v) is 5.80. The maximum absolute atomic E-state index is 12.7. The molecule has 3 aromatic heterocycles. The fraction of sp³-hybridized carbons (Fsp3) is 0.111. The van der Waals surface area contributed by atoms with E-state index in [4.69, 9.17) is 0 Å². The van der Waals surface area contributed by atoms with Gasteiger partial charge in [-0.3, -0.25) is 9.55 Å². The Labute approximate surface area is 151 Å². The predicted molar refractivity (Wildman–Crippen MR) is 93.9 cm³/mol. The lowest BCUT2D eigenvalue weighted by Gasteiger charge is -2.10. The van der Waals surface area contributed by atoms with Crippen LogP contribution >= 0.6 is 0 Å². The van der Waals surface area contributed by atoms with Gasteiger partial charge in [0.25, 0.3) is 0 Å². The van der Waals surface area contributed by atoms with Crippen molar-refractivity contribution < 1.29 is 13.2 Å². The van der Waals surface area contributed by atoms with Crippen molar-refractivity contribution in [3.8, 4) is 5.82 Å². The Hall–Kier alpha value is -3.49. The number of alkyl halides is 3. The van der Waals surface area contributed by atoms with Crippen LogP contribution in [0, 0.1) is 6.92 Å². The maximum Gasteiger partial charge on any atom is 0.416 e. The highest BCUT2D eigenvalue weighted by molar-refractivity contribution is 5.73. The molecule has 136 valence electrons. The highest BCUT2D eigenvalue weighted by Crippen LogP contribution is 2.30. The zero-order chi connectivity index (χ0) is 19.0. The summed E-state index contributed by atoms with van der Waals surface area (Å²) < 4.78 is 39.8. The number of nitrogens with zero attached hydrogens (tertiary/aromatic N) is 5. The molecule has 1 N–H and O–H groups in total. The maximum atomic E-state index is 12.7. The summed E-state index contributed by atoms with van der Waals surface area (Å²) in [6.45, 7) is 1.83. The molecule has 0 spiro atoms. The second-order valence-electron chi connectivity index (χ2n) is 5.80. The zero-order valence-corrected chi connectivity index (χ0v) is 14.1. The smallest absolute Gasteiger partial charge is 0.339 e. The number of hydrogen-bond acceptors (Lipinski definition) is 5. The van der Waals surface area contributed by atoms with Crippen molar-refractivity contribution >= 4 is 22.7 Å². The molecule has 0 atom stereocenters. The van der Waals surface area contributed by atoms with Gasteiger partial charge in [-0.1, -0.05) is 0 Å². The van der Waals surface area contributed by atoms with Gasteiger partial charge in [-0.25, -0.2) is 15.0 Å². The van der Waals surface area contributed by atoms with Gasteiger partial charge in [0.05, 0.1) is 23.5 Å². The first kappa shape index (κ1) is 17.0. The molecule has 0 saturated heterocycles. The highest BCUT2D eigenvalue weighted by atomic mass is 19.4. The molecule has 1 aromatic carbocycles. The van der Waals surface area contributed by atoms with Crippen LogP contribution in [0.5, 0.6) is 0 Å². The molecule has 4 rings (SSSR count). The first-order valence-corrected chi connectivity index (χ1v) is 7.98. The number of imidazole rings is 1. The SMILES string of the molecule is Cc1nc2ncccc2n1-c1cncc(Nc2ccc(C(F)(F)F)cc2)n1. The predicted octanol–water partition coefficient (Wildman–Crippen LogP) is 4.28. The van der Waals surface area contributed by atoms with Crippen molar-refractivity contribution in [1.29, 1.82) is 0 Å². The molecule has 0 aliphatic carbocycles. The Bertz CT molecular complexity index is 1100. The van der Waals surface area contributed by atoms with Crippen molar-refractivity contribution in [3.05, 3.63) is 66.4 Å². The Balaban J connectivity index is 1.66. The minimum atomic E-state index is -4.37. The van der Waals surface area contributed by atoms with Gasteiger partial charge in [0, 0.05) is 11.9 Å². The number of hydrogen-bond donors (Lipinski definition) is 1. The molecule has 6 nitrogen and oxygen atoms in total. The quantitative estimate of drug-likeness (QED) is 0.583. The Kier molecular flexibility index (Phi) is 3.98. The van der Waals surface area contributed by atoms with E-state index in [1.807, 2.05) is 17.6 Å². The zero-order valence-electron chi connectivity index (χ0n) is 14.1. The summed E-state index contributed by atoms with van der Waals surface area (Å²) in [7, 11) is 0. The van der Waals surface area contributed by atoms with Crippen molar-refractivity contribution in [1.82, 2.24) is 24.5 Å². The first-order chi connectivity index (χ1) is 12.9. The molecule has 27 heavy (non-hydrogen) atoms. The average molecular weight is 370 g/mol. The minimum Gasteiger partial charge on any atom is -0.339 e. The third-order valence-electron chi connectivity index (χ3n) is 3.93. The molecule has 3 heterocycles. The third kappa shape index (κ3) is 3.31. The number of anilines is 2.